The molecule has 1 saturated heterocycles. The van der Waals surface area contributed by atoms with E-state index in [-0.39, 0.29) is 18.4 Å². The predicted octanol–water partition coefficient (Wildman–Crippen LogP) is 2.64. The van der Waals surface area contributed by atoms with Gasteiger partial charge < -0.3 is 5.73 Å². The van der Waals surface area contributed by atoms with Gasteiger partial charge in [0.1, 0.15) is 0 Å². The molecule has 0 radical (unpaired) electrons. The number of rotatable bonds is 2. The Morgan fingerprint density at radius 2 is 1.81 bits per heavy atom. The Morgan fingerprint density at radius 3 is 2.43 bits per heavy atom. The van der Waals surface area contributed by atoms with Crippen molar-refractivity contribution < 1.29 is 8.42 Å². The lowest BCUT2D eigenvalue weighted by atomic mass is 10.1. The van der Waals surface area contributed by atoms with E-state index in [1.54, 1.807) is 18.2 Å². The molecule has 0 aromatic heterocycles. The summed E-state index contributed by atoms with van der Waals surface area (Å²) in [5.74, 6) is 0. The normalized spacial score (nSPS) is 19.6. The molecule has 1 atom stereocenters. The molecule has 1 fully saturated rings. The Morgan fingerprint density at radius 1 is 1.14 bits per heavy atom. The Bertz CT molecular complexity index is 765. The molecule has 4 nitrogen and oxygen atoms in total. The van der Waals surface area contributed by atoms with Crippen LogP contribution in [0.25, 0.3) is 10.8 Å². The van der Waals surface area contributed by atoms with Gasteiger partial charge in [-0.25, -0.2) is 8.42 Å². The molecule has 21 heavy (non-hydrogen) atoms. The molecule has 114 valence electrons. The molecule has 0 aliphatic carbocycles. The van der Waals surface area contributed by atoms with E-state index >= 15 is 0 Å². The number of hydrogen-bond donors (Lipinski definition) is 1. The zero-order valence-electron chi connectivity index (χ0n) is 11.2. The van der Waals surface area contributed by atoms with Gasteiger partial charge in [0.05, 0.1) is 4.90 Å². The molecular weight excluding hydrogens is 331 g/mol. The van der Waals surface area contributed by atoms with E-state index < -0.39 is 10.0 Å². The highest BCUT2D eigenvalue weighted by atomic mass is 35.5. The van der Waals surface area contributed by atoms with E-state index in [9.17, 15) is 8.42 Å². The number of sulfonamides is 1. The van der Waals surface area contributed by atoms with Gasteiger partial charge in [-0.05, 0) is 18.6 Å². The third-order valence-electron chi connectivity index (χ3n) is 3.64. The molecule has 2 N–H and O–H groups in total. The van der Waals surface area contributed by atoms with Gasteiger partial charge in [0, 0.05) is 34.9 Å². The number of nitrogens with two attached hydrogens (primary N) is 1. The first-order valence-electron chi connectivity index (χ1n) is 6.43. The summed E-state index contributed by atoms with van der Waals surface area (Å²) in [6, 6.07) is 10.4. The van der Waals surface area contributed by atoms with Crippen LogP contribution in [0, 0.1) is 0 Å². The van der Waals surface area contributed by atoms with Gasteiger partial charge in [0.15, 0.2) is 0 Å². The summed E-state index contributed by atoms with van der Waals surface area (Å²) in [5.41, 5.74) is 5.81. The Labute approximate surface area is 135 Å². The highest BCUT2D eigenvalue weighted by molar-refractivity contribution is 7.89. The van der Waals surface area contributed by atoms with E-state index in [2.05, 4.69) is 0 Å². The van der Waals surface area contributed by atoms with Crippen molar-refractivity contribution in [2.75, 3.05) is 13.1 Å². The van der Waals surface area contributed by atoms with E-state index in [4.69, 9.17) is 17.3 Å². The number of benzene rings is 2. The minimum Gasteiger partial charge on any atom is -0.326 e. The van der Waals surface area contributed by atoms with Gasteiger partial charge in [0.2, 0.25) is 10.0 Å². The Kier molecular flexibility index (Phi) is 4.80. The first kappa shape index (κ1) is 16.5. The van der Waals surface area contributed by atoms with Crippen molar-refractivity contribution in [1.29, 1.82) is 0 Å². The molecule has 7 heteroatoms. The van der Waals surface area contributed by atoms with E-state index in [1.807, 2.05) is 18.2 Å². The summed E-state index contributed by atoms with van der Waals surface area (Å²) in [4.78, 5) is 0.298. The predicted molar refractivity (Wildman–Crippen MR) is 87.6 cm³/mol. The molecule has 2 aromatic carbocycles. The molecule has 0 saturated carbocycles. The van der Waals surface area contributed by atoms with Crippen LogP contribution in [0.4, 0.5) is 0 Å². The maximum Gasteiger partial charge on any atom is 0.243 e. The summed E-state index contributed by atoms with van der Waals surface area (Å²) in [7, 11) is -3.52. The molecular formula is C14H16Cl2N2O2S. The van der Waals surface area contributed by atoms with Crippen LogP contribution >= 0.6 is 24.0 Å². The maximum absolute atomic E-state index is 12.7. The highest BCUT2D eigenvalue weighted by Gasteiger charge is 2.32. The van der Waals surface area contributed by atoms with Crippen LogP contribution in [0.2, 0.25) is 5.02 Å². The lowest BCUT2D eigenvalue weighted by molar-refractivity contribution is 0.473. The molecule has 0 bridgehead atoms. The highest BCUT2D eigenvalue weighted by Crippen LogP contribution is 2.31. The zero-order chi connectivity index (χ0) is 14.3. The topological polar surface area (TPSA) is 63.4 Å². The van der Waals surface area contributed by atoms with Crippen molar-refractivity contribution in [3.05, 3.63) is 41.4 Å². The minimum absolute atomic E-state index is 0. The lowest BCUT2D eigenvalue weighted by Crippen LogP contribution is -2.32. The average Bonchev–Trinajstić information content (AvgIpc) is 2.87. The summed E-state index contributed by atoms with van der Waals surface area (Å²) in [6.45, 7) is 0.847. The summed E-state index contributed by atoms with van der Waals surface area (Å²) < 4.78 is 26.9. The number of fused-ring (bicyclic) bond motifs is 1. The largest absolute Gasteiger partial charge is 0.326 e. The van der Waals surface area contributed by atoms with Gasteiger partial charge >= 0.3 is 0 Å². The quantitative estimate of drug-likeness (QED) is 0.908. The van der Waals surface area contributed by atoms with Crippen LogP contribution in [-0.4, -0.2) is 31.9 Å². The van der Waals surface area contributed by atoms with Crippen LogP contribution in [0.15, 0.2) is 41.3 Å². The molecule has 1 aliphatic heterocycles. The average molecular weight is 347 g/mol. The smallest absolute Gasteiger partial charge is 0.243 e. The van der Waals surface area contributed by atoms with E-state index in [0.29, 0.717) is 34.8 Å². The fourth-order valence-electron chi connectivity index (χ4n) is 2.57. The van der Waals surface area contributed by atoms with E-state index in [0.717, 1.165) is 5.39 Å². The third-order valence-corrected chi connectivity index (χ3v) is 5.89. The Balaban J connectivity index is 0.00000161. The maximum atomic E-state index is 12.7. The van der Waals surface area contributed by atoms with Crippen LogP contribution in [0.1, 0.15) is 6.42 Å². The first-order chi connectivity index (χ1) is 9.50. The second-order valence-corrected chi connectivity index (χ2v) is 7.32. The van der Waals surface area contributed by atoms with Crippen molar-refractivity contribution >= 4 is 44.8 Å². The second kappa shape index (κ2) is 6.10. The minimum atomic E-state index is -3.52. The molecule has 0 amide bonds. The van der Waals surface area contributed by atoms with Gasteiger partial charge in [-0.2, -0.15) is 4.31 Å². The summed E-state index contributed by atoms with van der Waals surface area (Å²) in [5, 5.41) is 1.96. The second-order valence-electron chi connectivity index (χ2n) is 5.00. The molecule has 1 aliphatic rings. The summed E-state index contributed by atoms with van der Waals surface area (Å²) in [6.07, 6.45) is 0.699. The van der Waals surface area contributed by atoms with Crippen LogP contribution < -0.4 is 5.73 Å². The van der Waals surface area contributed by atoms with Gasteiger partial charge in [-0.3, -0.25) is 0 Å². The van der Waals surface area contributed by atoms with Crippen LogP contribution in [0.5, 0.6) is 0 Å². The van der Waals surface area contributed by atoms with Crippen molar-refractivity contribution in [3.63, 3.8) is 0 Å². The fraction of sp³-hybridized carbons (Fsp3) is 0.286. The zero-order valence-corrected chi connectivity index (χ0v) is 13.6. The van der Waals surface area contributed by atoms with Crippen LogP contribution in [0.3, 0.4) is 0 Å². The van der Waals surface area contributed by atoms with Gasteiger partial charge in [-0.15, -0.1) is 12.4 Å². The molecule has 3 rings (SSSR count). The van der Waals surface area contributed by atoms with Gasteiger partial charge in [0.25, 0.3) is 0 Å². The third kappa shape index (κ3) is 2.89. The molecule has 0 unspecified atom stereocenters. The van der Waals surface area contributed by atoms with Gasteiger partial charge in [-0.1, -0.05) is 35.9 Å². The lowest BCUT2D eigenvalue weighted by Gasteiger charge is -2.17. The number of halogens is 2. The molecule has 1 heterocycles. The fourth-order valence-corrected chi connectivity index (χ4v) is 4.51. The monoisotopic (exact) mass is 346 g/mol. The van der Waals surface area contributed by atoms with Crippen molar-refractivity contribution in [3.8, 4) is 0 Å². The van der Waals surface area contributed by atoms with Crippen molar-refractivity contribution in [2.45, 2.75) is 17.4 Å². The van der Waals surface area contributed by atoms with E-state index in [1.165, 1.54) is 4.31 Å². The number of hydrogen-bond acceptors (Lipinski definition) is 3. The van der Waals surface area contributed by atoms with Crippen molar-refractivity contribution in [2.24, 2.45) is 5.73 Å². The van der Waals surface area contributed by atoms with Crippen LogP contribution in [-0.2, 0) is 10.0 Å². The summed E-state index contributed by atoms with van der Waals surface area (Å²) >= 11 is 6.13. The molecule has 2 aromatic rings. The molecule has 0 spiro atoms. The number of nitrogens with zero attached hydrogens (tertiary/aromatic N) is 1. The Hall–Kier alpha value is -0.850. The SMILES string of the molecule is Cl.N[C@@H]1CCN(S(=O)(=O)c2ccc(Cl)c3ccccc23)C1. The first-order valence-corrected chi connectivity index (χ1v) is 8.25. The van der Waals surface area contributed by atoms with Crippen molar-refractivity contribution in [1.82, 2.24) is 4.31 Å². The standard InChI is InChI=1S/C14H15ClN2O2S.ClH/c15-13-5-6-14(12-4-2-1-3-11(12)13)20(18,19)17-8-7-10(16)9-17;/h1-6,10H,7-9,16H2;1H/t10-;/m1./s1.